The number of nitrogens with one attached hydrogen (secondary N) is 1. The first-order valence-corrected chi connectivity index (χ1v) is 7.09. The molecule has 1 aromatic rings. The lowest BCUT2D eigenvalue weighted by Gasteiger charge is -2.25. The van der Waals surface area contributed by atoms with Crippen molar-refractivity contribution in [3.05, 3.63) is 15.8 Å². The highest BCUT2D eigenvalue weighted by atomic mass is 16.6. The quantitative estimate of drug-likeness (QED) is 0.608. The fourth-order valence-corrected chi connectivity index (χ4v) is 2.52. The summed E-state index contributed by atoms with van der Waals surface area (Å²) in [4.78, 5) is 10.8. The smallest absolute Gasteiger partial charge is 0.333 e. The first-order chi connectivity index (χ1) is 9.13. The summed E-state index contributed by atoms with van der Waals surface area (Å²) in [6, 6.07) is 0. The molecule has 0 aliphatic heterocycles. The number of aryl methyl sites for hydroxylation is 2. The molecule has 19 heavy (non-hydrogen) atoms. The van der Waals surface area contributed by atoms with Crippen LogP contribution in [-0.4, -0.2) is 21.2 Å². The topological polar surface area (TPSA) is 73.0 Å². The molecule has 0 aromatic carbocycles. The second-order valence-electron chi connectivity index (χ2n) is 5.28. The van der Waals surface area contributed by atoms with Crippen LogP contribution in [0.1, 0.15) is 44.7 Å². The normalized spacial score (nSPS) is 15.3. The summed E-state index contributed by atoms with van der Waals surface area (Å²) in [7, 11) is 0. The molecule has 1 N–H and O–H groups in total. The van der Waals surface area contributed by atoms with Gasteiger partial charge in [-0.05, 0) is 25.7 Å². The summed E-state index contributed by atoms with van der Waals surface area (Å²) in [5.74, 6) is 1.37. The first kappa shape index (κ1) is 13.8. The molecule has 0 atom stereocenters. The Kier molecular flexibility index (Phi) is 4.39. The predicted octanol–water partition coefficient (Wildman–Crippen LogP) is 3.11. The molecule has 0 radical (unpaired) electrons. The van der Waals surface area contributed by atoms with E-state index in [1.54, 1.807) is 11.6 Å². The third kappa shape index (κ3) is 3.05. The van der Waals surface area contributed by atoms with Gasteiger partial charge in [-0.2, -0.15) is 5.10 Å². The van der Waals surface area contributed by atoms with Crippen LogP contribution in [0.2, 0.25) is 0 Å². The Balaban J connectivity index is 2.07. The molecular weight excluding hydrogens is 244 g/mol. The lowest BCUT2D eigenvalue weighted by Crippen LogP contribution is -2.17. The van der Waals surface area contributed by atoms with E-state index in [1.165, 1.54) is 19.3 Å². The van der Waals surface area contributed by atoms with E-state index in [1.807, 2.05) is 6.92 Å². The zero-order chi connectivity index (χ0) is 13.8. The molecule has 0 saturated heterocycles. The zero-order valence-electron chi connectivity index (χ0n) is 11.7. The number of hydrogen-bond donors (Lipinski definition) is 1. The van der Waals surface area contributed by atoms with Gasteiger partial charge in [0.05, 0.1) is 4.92 Å². The number of nitro groups is 1. The number of nitrogens with zero attached hydrogens (tertiary/aromatic N) is 3. The minimum Gasteiger partial charge on any atom is -0.365 e. The summed E-state index contributed by atoms with van der Waals surface area (Å²) < 4.78 is 1.73. The van der Waals surface area contributed by atoms with Crippen LogP contribution in [0.25, 0.3) is 0 Å². The van der Waals surface area contributed by atoms with Crippen LogP contribution in [-0.2, 0) is 6.54 Å². The van der Waals surface area contributed by atoms with E-state index in [2.05, 4.69) is 10.4 Å². The van der Waals surface area contributed by atoms with E-state index in [0.29, 0.717) is 18.1 Å². The van der Waals surface area contributed by atoms with Gasteiger partial charge in [0.2, 0.25) is 5.82 Å². The molecular formula is C13H22N4O2. The summed E-state index contributed by atoms with van der Waals surface area (Å²) in [6.45, 7) is 5.24. The van der Waals surface area contributed by atoms with Crippen molar-refractivity contribution in [3.63, 3.8) is 0 Å². The highest BCUT2D eigenvalue weighted by molar-refractivity contribution is 5.59. The Labute approximate surface area is 113 Å². The molecule has 2 rings (SSSR count). The van der Waals surface area contributed by atoms with Gasteiger partial charge in [0.25, 0.3) is 0 Å². The predicted molar refractivity (Wildman–Crippen MR) is 74.4 cm³/mol. The molecule has 106 valence electrons. The Bertz CT molecular complexity index is 452. The maximum absolute atomic E-state index is 11.1. The molecule has 1 saturated carbocycles. The standard InChI is InChI=1S/C13H22N4O2/c1-3-9-16-13(12(17(18)19)10(2)15-16)14-8-7-11-5-4-6-11/h11,14H,3-9H2,1-2H3. The molecule has 6 nitrogen and oxygen atoms in total. The van der Waals surface area contributed by atoms with E-state index in [9.17, 15) is 10.1 Å². The average molecular weight is 266 g/mol. The van der Waals surface area contributed by atoms with Gasteiger partial charge in [0.1, 0.15) is 5.69 Å². The van der Waals surface area contributed by atoms with Crippen molar-refractivity contribution in [2.75, 3.05) is 11.9 Å². The third-order valence-electron chi connectivity index (χ3n) is 3.78. The van der Waals surface area contributed by atoms with Crippen molar-refractivity contribution in [2.24, 2.45) is 5.92 Å². The van der Waals surface area contributed by atoms with Gasteiger partial charge in [-0.1, -0.05) is 26.2 Å². The fraction of sp³-hybridized carbons (Fsp3) is 0.769. The van der Waals surface area contributed by atoms with Crippen molar-refractivity contribution < 1.29 is 4.92 Å². The van der Waals surface area contributed by atoms with Crippen LogP contribution >= 0.6 is 0 Å². The van der Waals surface area contributed by atoms with E-state index in [-0.39, 0.29) is 10.6 Å². The van der Waals surface area contributed by atoms with Crippen LogP contribution < -0.4 is 5.32 Å². The largest absolute Gasteiger partial charge is 0.365 e. The average Bonchev–Trinajstić information content (AvgIpc) is 2.59. The van der Waals surface area contributed by atoms with Crippen LogP contribution in [0.15, 0.2) is 0 Å². The fourth-order valence-electron chi connectivity index (χ4n) is 2.52. The molecule has 6 heteroatoms. The van der Waals surface area contributed by atoms with Crippen molar-refractivity contribution in [2.45, 2.75) is 52.5 Å². The van der Waals surface area contributed by atoms with Gasteiger partial charge in [0, 0.05) is 13.1 Å². The van der Waals surface area contributed by atoms with E-state index < -0.39 is 0 Å². The molecule has 0 spiro atoms. The molecule has 1 aliphatic rings. The van der Waals surface area contributed by atoms with Gasteiger partial charge >= 0.3 is 5.69 Å². The Morgan fingerprint density at radius 3 is 2.79 bits per heavy atom. The summed E-state index contributed by atoms with van der Waals surface area (Å²) in [6.07, 6.45) is 5.94. The SMILES string of the molecule is CCCn1nc(C)c([N+](=O)[O-])c1NCCC1CCC1. The highest BCUT2D eigenvalue weighted by Crippen LogP contribution is 2.31. The maximum atomic E-state index is 11.1. The van der Waals surface area contributed by atoms with Gasteiger partial charge < -0.3 is 5.32 Å². The Morgan fingerprint density at radius 1 is 1.53 bits per heavy atom. The van der Waals surface area contributed by atoms with Gasteiger partial charge in [-0.15, -0.1) is 0 Å². The minimum absolute atomic E-state index is 0.127. The van der Waals surface area contributed by atoms with Gasteiger partial charge in [-0.3, -0.25) is 10.1 Å². The second kappa shape index (κ2) is 6.04. The number of hydrogen-bond acceptors (Lipinski definition) is 4. The highest BCUT2D eigenvalue weighted by Gasteiger charge is 2.25. The monoisotopic (exact) mass is 266 g/mol. The van der Waals surface area contributed by atoms with Crippen LogP contribution in [0, 0.1) is 23.0 Å². The molecule has 1 aliphatic carbocycles. The number of aromatic nitrogens is 2. The van der Waals surface area contributed by atoms with E-state index in [0.717, 1.165) is 25.3 Å². The summed E-state index contributed by atoms with van der Waals surface area (Å²) in [5, 5.41) is 18.6. The van der Waals surface area contributed by atoms with Crippen molar-refractivity contribution in [1.82, 2.24) is 9.78 Å². The Morgan fingerprint density at radius 2 is 2.26 bits per heavy atom. The van der Waals surface area contributed by atoms with Gasteiger partial charge in [0.15, 0.2) is 0 Å². The lowest BCUT2D eigenvalue weighted by atomic mass is 9.83. The van der Waals surface area contributed by atoms with Crippen molar-refractivity contribution >= 4 is 11.5 Å². The zero-order valence-corrected chi connectivity index (χ0v) is 11.7. The second-order valence-corrected chi connectivity index (χ2v) is 5.28. The summed E-state index contributed by atoms with van der Waals surface area (Å²) in [5.41, 5.74) is 0.617. The van der Waals surface area contributed by atoms with Crippen molar-refractivity contribution in [3.8, 4) is 0 Å². The minimum atomic E-state index is -0.333. The van der Waals surface area contributed by atoms with E-state index in [4.69, 9.17) is 0 Å². The molecule has 1 fully saturated rings. The molecule has 1 aromatic heterocycles. The molecule has 1 heterocycles. The maximum Gasteiger partial charge on any atom is 0.333 e. The van der Waals surface area contributed by atoms with Crippen LogP contribution in [0.5, 0.6) is 0 Å². The van der Waals surface area contributed by atoms with Crippen molar-refractivity contribution in [1.29, 1.82) is 0 Å². The lowest BCUT2D eigenvalue weighted by molar-refractivity contribution is -0.384. The molecule has 0 bridgehead atoms. The molecule has 0 unspecified atom stereocenters. The van der Waals surface area contributed by atoms with Crippen LogP contribution in [0.4, 0.5) is 11.5 Å². The van der Waals surface area contributed by atoms with Crippen LogP contribution in [0.3, 0.4) is 0 Å². The number of rotatable bonds is 7. The molecule has 0 amide bonds. The number of anilines is 1. The Hall–Kier alpha value is -1.59. The van der Waals surface area contributed by atoms with Gasteiger partial charge in [-0.25, -0.2) is 4.68 Å². The third-order valence-corrected chi connectivity index (χ3v) is 3.78. The van der Waals surface area contributed by atoms with E-state index >= 15 is 0 Å². The first-order valence-electron chi connectivity index (χ1n) is 7.09. The summed E-state index contributed by atoms with van der Waals surface area (Å²) >= 11 is 0.